The summed E-state index contributed by atoms with van der Waals surface area (Å²) in [6.45, 7) is 1.81. The third-order valence-corrected chi connectivity index (χ3v) is 4.98. The number of hydrogen-bond donors (Lipinski definition) is 1. The topological polar surface area (TPSA) is 77.8 Å². The molecular weight excluding hydrogens is 376 g/mol. The average Bonchev–Trinajstić information content (AvgIpc) is 3.27. The van der Waals surface area contributed by atoms with Crippen molar-refractivity contribution in [3.8, 4) is 22.8 Å². The smallest absolute Gasteiger partial charge is 0.264 e. The largest absolute Gasteiger partial charge is 0.496 e. The molecule has 0 saturated carbocycles. The van der Waals surface area contributed by atoms with Crippen molar-refractivity contribution < 1.29 is 14.3 Å². The van der Waals surface area contributed by atoms with Gasteiger partial charge in [0.15, 0.2) is 6.61 Å². The lowest BCUT2D eigenvalue weighted by molar-refractivity contribution is -0.118. The van der Waals surface area contributed by atoms with Gasteiger partial charge in [-0.1, -0.05) is 30.3 Å². The van der Waals surface area contributed by atoms with Gasteiger partial charge in [0.2, 0.25) is 4.96 Å². The third-order valence-electron chi connectivity index (χ3n) is 4.17. The second-order valence-corrected chi connectivity index (χ2v) is 6.89. The van der Waals surface area contributed by atoms with Crippen LogP contribution in [0.5, 0.6) is 11.5 Å². The number of methoxy groups -OCH3 is 1. The summed E-state index contributed by atoms with van der Waals surface area (Å²) in [4.78, 5) is 17.3. The molecule has 8 heteroatoms. The maximum absolute atomic E-state index is 12.2. The maximum Gasteiger partial charge on any atom is 0.264 e. The number of aromatic nitrogens is 3. The summed E-state index contributed by atoms with van der Waals surface area (Å²) in [5, 5.41) is 9.05. The molecule has 0 spiro atoms. The van der Waals surface area contributed by atoms with Crippen LogP contribution in [0.15, 0.2) is 53.9 Å². The average molecular weight is 394 g/mol. The number of rotatable bonds is 6. The van der Waals surface area contributed by atoms with Gasteiger partial charge in [-0.25, -0.2) is 4.52 Å². The molecule has 0 aliphatic carbocycles. The Morgan fingerprint density at radius 3 is 2.68 bits per heavy atom. The monoisotopic (exact) mass is 394 g/mol. The van der Waals surface area contributed by atoms with Crippen LogP contribution < -0.4 is 14.8 Å². The van der Waals surface area contributed by atoms with Crippen molar-refractivity contribution in [3.05, 3.63) is 59.5 Å². The number of amides is 1. The molecule has 0 aliphatic rings. The lowest BCUT2D eigenvalue weighted by atomic mass is 10.1. The predicted molar refractivity (Wildman–Crippen MR) is 108 cm³/mol. The molecular formula is C20H18N4O3S. The second-order valence-electron chi connectivity index (χ2n) is 6.05. The molecule has 2 heterocycles. The Balaban J connectivity index is 1.50. The van der Waals surface area contributed by atoms with E-state index in [1.54, 1.807) is 11.6 Å². The molecule has 0 atom stereocenters. The molecule has 0 bridgehead atoms. The Hall–Kier alpha value is -3.39. The molecule has 0 unspecified atom stereocenters. The van der Waals surface area contributed by atoms with Crippen LogP contribution in [0.4, 0.5) is 5.95 Å². The first-order valence-electron chi connectivity index (χ1n) is 8.61. The molecule has 1 N–H and O–H groups in total. The molecule has 28 heavy (non-hydrogen) atoms. The number of carbonyl (C=O) groups is 1. The number of anilines is 1. The molecule has 0 radical (unpaired) electrons. The van der Waals surface area contributed by atoms with E-state index in [1.165, 1.54) is 11.3 Å². The molecule has 2 aromatic carbocycles. The second kappa shape index (κ2) is 7.69. The Morgan fingerprint density at radius 2 is 1.89 bits per heavy atom. The Bertz CT molecular complexity index is 1140. The highest BCUT2D eigenvalue weighted by Gasteiger charge is 2.16. The van der Waals surface area contributed by atoms with E-state index < -0.39 is 0 Å². The molecule has 0 saturated heterocycles. The SMILES string of the molecule is COc1ccccc1-c1csc2nc(NC(=O)COc3ccccc3C)nn12. The van der Waals surface area contributed by atoms with Crippen LogP contribution in [0.2, 0.25) is 0 Å². The van der Waals surface area contributed by atoms with E-state index >= 15 is 0 Å². The molecule has 7 nitrogen and oxygen atoms in total. The number of fused-ring (bicyclic) bond motifs is 1. The fraction of sp³-hybridized carbons (Fsp3) is 0.150. The van der Waals surface area contributed by atoms with E-state index in [0.717, 1.165) is 22.6 Å². The van der Waals surface area contributed by atoms with Gasteiger partial charge in [0, 0.05) is 10.9 Å². The Kier molecular flexibility index (Phi) is 4.94. The first-order chi connectivity index (χ1) is 13.7. The molecule has 1 amide bonds. The van der Waals surface area contributed by atoms with E-state index in [1.807, 2.05) is 60.8 Å². The molecule has 4 aromatic rings. The number of hydrogen-bond acceptors (Lipinski definition) is 6. The van der Waals surface area contributed by atoms with Gasteiger partial charge in [-0.3, -0.25) is 10.1 Å². The van der Waals surface area contributed by atoms with Crippen molar-refractivity contribution in [1.29, 1.82) is 0 Å². The minimum absolute atomic E-state index is 0.114. The summed E-state index contributed by atoms with van der Waals surface area (Å²) in [7, 11) is 1.63. The number of nitrogens with one attached hydrogen (secondary N) is 1. The van der Waals surface area contributed by atoms with E-state index in [0.29, 0.717) is 10.7 Å². The van der Waals surface area contributed by atoms with Gasteiger partial charge in [-0.05, 0) is 30.7 Å². The van der Waals surface area contributed by atoms with E-state index in [2.05, 4.69) is 15.4 Å². The van der Waals surface area contributed by atoms with Gasteiger partial charge in [-0.15, -0.1) is 16.4 Å². The fourth-order valence-corrected chi connectivity index (χ4v) is 3.62. The highest BCUT2D eigenvalue weighted by molar-refractivity contribution is 7.15. The first-order valence-corrected chi connectivity index (χ1v) is 9.49. The van der Waals surface area contributed by atoms with Crippen LogP contribution >= 0.6 is 11.3 Å². The van der Waals surface area contributed by atoms with E-state index in [9.17, 15) is 4.79 Å². The number of benzene rings is 2. The van der Waals surface area contributed by atoms with Gasteiger partial charge in [-0.2, -0.15) is 4.98 Å². The molecule has 142 valence electrons. The lowest BCUT2D eigenvalue weighted by Crippen LogP contribution is -2.21. The summed E-state index contributed by atoms with van der Waals surface area (Å²) in [5.41, 5.74) is 2.72. The normalized spacial score (nSPS) is 10.8. The van der Waals surface area contributed by atoms with Crippen molar-refractivity contribution in [2.75, 3.05) is 19.0 Å². The predicted octanol–water partition coefficient (Wildman–Crippen LogP) is 3.79. The zero-order valence-electron chi connectivity index (χ0n) is 15.4. The van der Waals surface area contributed by atoms with Gasteiger partial charge < -0.3 is 9.47 Å². The van der Waals surface area contributed by atoms with Crippen molar-refractivity contribution in [2.45, 2.75) is 6.92 Å². The number of ether oxygens (including phenoxy) is 2. The van der Waals surface area contributed by atoms with Gasteiger partial charge in [0.25, 0.3) is 11.9 Å². The van der Waals surface area contributed by atoms with Crippen LogP contribution in [0.3, 0.4) is 0 Å². The summed E-state index contributed by atoms with van der Waals surface area (Å²) >= 11 is 1.44. The number of thiazole rings is 1. The lowest BCUT2D eigenvalue weighted by Gasteiger charge is -2.08. The maximum atomic E-state index is 12.2. The molecule has 4 rings (SSSR count). The van der Waals surface area contributed by atoms with Crippen molar-refractivity contribution in [3.63, 3.8) is 0 Å². The number of para-hydroxylation sites is 2. The first kappa shape index (κ1) is 18.0. The summed E-state index contributed by atoms with van der Waals surface area (Å²) in [5.74, 6) is 1.34. The van der Waals surface area contributed by atoms with Gasteiger partial charge >= 0.3 is 0 Å². The molecule has 0 aliphatic heterocycles. The van der Waals surface area contributed by atoms with E-state index in [4.69, 9.17) is 9.47 Å². The van der Waals surface area contributed by atoms with Crippen molar-refractivity contribution in [2.24, 2.45) is 0 Å². The molecule has 2 aromatic heterocycles. The Morgan fingerprint density at radius 1 is 1.14 bits per heavy atom. The van der Waals surface area contributed by atoms with Gasteiger partial charge in [0.05, 0.1) is 12.8 Å². The van der Waals surface area contributed by atoms with Crippen molar-refractivity contribution >= 4 is 28.2 Å². The summed E-state index contributed by atoms with van der Waals surface area (Å²) < 4.78 is 12.7. The van der Waals surface area contributed by atoms with Crippen LogP contribution in [0.25, 0.3) is 16.2 Å². The van der Waals surface area contributed by atoms with Crippen LogP contribution in [0, 0.1) is 6.92 Å². The Labute approximate surface area is 165 Å². The summed E-state index contributed by atoms with van der Waals surface area (Å²) in [6, 6.07) is 15.2. The zero-order valence-corrected chi connectivity index (χ0v) is 16.2. The minimum atomic E-state index is -0.319. The van der Waals surface area contributed by atoms with Crippen LogP contribution in [-0.2, 0) is 4.79 Å². The van der Waals surface area contributed by atoms with Gasteiger partial charge in [0.1, 0.15) is 11.5 Å². The van der Waals surface area contributed by atoms with E-state index in [-0.39, 0.29) is 18.5 Å². The van der Waals surface area contributed by atoms with Crippen LogP contribution in [-0.4, -0.2) is 34.2 Å². The molecule has 0 fully saturated rings. The highest BCUT2D eigenvalue weighted by atomic mass is 32.1. The minimum Gasteiger partial charge on any atom is -0.496 e. The fourth-order valence-electron chi connectivity index (χ4n) is 2.80. The quantitative estimate of drug-likeness (QED) is 0.538. The third kappa shape index (κ3) is 3.54. The number of nitrogens with zero attached hydrogens (tertiary/aromatic N) is 3. The van der Waals surface area contributed by atoms with Crippen molar-refractivity contribution in [1.82, 2.24) is 14.6 Å². The zero-order chi connectivity index (χ0) is 19.5. The summed E-state index contributed by atoms with van der Waals surface area (Å²) in [6.07, 6.45) is 0. The number of aryl methyl sites for hydroxylation is 1. The standard InChI is InChI=1S/C20H18N4O3S/c1-13-7-3-5-9-16(13)27-11-18(25)21-19-22-20-24(23-19)15(12-28-20)14-8-4-6-10-17(14)26-2/h3-10,12H,11H2,1-2H3,(H,21,23,25). The number of carbonyl (C=O) groups excluding carboxylic acids is 1. The highest BCUT2D eigenvalue weighted by Crippen LogP contribution is 2.32. The van der Waals surface area contributed by atoms with Crippen LogP contribution in [0.1, 0.15) is 5.56 Å².